The van der Waals surface area contributed by atoms with Crippen molar-refractivity contribution < 1.29 is 27.9 Å². The molecule has 2 unspecified atom stereocenters. The Labute approximate surface area is 131 Å². The number of piperidine rings is 1. The predicted molar refractivity (Wildman–Crippen MR) is 76.4 cm³/mol. The van der Waals surface area contributed by atoms with Gasteiger partial charge in [0.2, 0.25) is 0 Å². The normalized spacial score (nSPS) is 22.0. The highest BCUT2D eigenvalue weighted by atomic mass is 19.4. The Hall–Kier alpha value is -2.12. The summed E-state index contributed by atoms with van der Waals surface area (Å²) in [6.45, 7) is 3.48. The first-order valence-electron chi connectivity index (χ1n) is 7.18. The van der Waals surface area contributed by atoms with Crippen molar-refractivity contribution in [2.75, 3.05) is 18.0 Å². The summed E-state index contributed by atoms with van der Waals surface area (Å²) >= 11 is 0. The quantitative estimate of drug-likeness (QED) is 0.863. The van der Waals surface area contributed by atoms with Gasteiger partial charge >= 0.3 is 12.1 Å². The maximum absolute atomic E-state index is 12.9. The van der Waals surface area contributed by atoms with E-state index in [1.54, 1.807) is 11.8 Å². The fourth-order valence-electron chi connectivity index (χ4n) is 2.83. The number of ketones is 1. The monoisotopic (exact) mass is 330 g/mol. The van der Waals surface area contributed by atoms with Crippen molar-refractivity contribution in [3.05, 3.63) is 23.4 Å². The van der Waals surface area contributed by atoms with Crippen LogP contribution in [0.4, 0.5) is 19.0 Å². The lowest BCUT2D eigenvalue weighted by atomic mass is 9.87. The third-order valence-corrected chi connectivity index (χ3v) is 4.07. The molecule has 2 atom stereocenters. The molecule has 0 aromatic carbocycles. The highest BCUT2D eigenvalue weighted by Gasteiger charge is 2.36. The molecular formula is C15H17F3N2O3. The number of carbonyl (C=O) groups excluding carboxylic acids is 1. The number of alkyl halides is 3. The van der Waals surface area contributed by atoms with Crippen LogP contribution in [-0.4, -0.2) is 34.9 Å². The Balaban J connectivity index is 2.37. The summed E-state index contributed by atoms with van der Waals surface area (Å²) in [6.07, 6.45) is -4.30. The number of Topliss-reactive ketones (excluding diaryl/α,β-unsaturated/α-hetero) is 1. The SMILES string of the molecule is CC(=O)c1ccc(C(F)(F)F)nc1N1CCC(C(=O)O)C(C)C1. The van der Waals surface area contributed by atoms with Crippen LogP contribution in [0.25, 0.3) is 0 Å². The van der Waals surface area contributed by atoms with Crippen LogP contribution in [-0.2, 0) is 11.0 Å². The number of pyridine rings is 1. The van der Waals surface area contributed by atoms with Gasteiger partial charge in [0.15, 0.2) is 5.78 Å². The van der Waals surface area contributed by atoms with Crippen LogP contribution in [0.3, 0.4) is 0 Å². The summed E-state index contributed by atoms with van der Waals surface area (Å²) in [5.74, 6) is -2.12. The zero-order valence-electron chi connectivity index (χ0n) is 12.7. The van der Waals surface area contributed by atoms with E-state index in [9.17, 15) is 22.8 Å². The van der Waals surface area contributed by atoms with Gasteiger partial charge in [-0.2, -0.15) is 13.2 Å². The molecule has 2 heterocycles. The van der Waals surface area contributed by atoms with Gasteiger partial charge in [-0.05, 0) is 31.4 Å². The molecule has 0 radical (unpaired) electrons. The summed E-state index contributed by atoms with van der Waals surface area (Å²) in [5, 5.41) is 9.12. The van der Waals surface area contributed by atoms with Crippen molar-refractivity contribution in [3.8, 4) is 0 Å². The molecule has 2 rings (SSSR count). The van der Waals surface area contributed by atoms with E-state index in [1.807, 2.05) is 0 Å². The van der Waals surface area contributed by atoms with E-state index in [2.05, 4.69) is 4.98 Å². The van der Waals surface area contributed by atoms with Gasteiger partial charge in [0.05, 0.1) is 11.5 Å². The van der Waals surface area contributed by atoms with Crippen molar-refractivity contribution in [3.63, 3.8) is 0 Å². The van der Waals surface area contributed by atoms with Crippen LogP contribution < -0.4 is 4.90 Å². The molecule has 5 nitrogen and oxygen atoms in total. The first-order chi connectivity index (χ1) is 10.6. The van der Waals surface area contributed by atoms with Gasteiger partial charge in [-0.25, -0.2) is 4.98 Å². The molecule has 0 bridgehead atoms. The minimum Gasteiger partial charge on any atom is -0.481 e. The molecule has 1 saturated heterocycles. The Morgan fingerprint density at radius 3 is 2.48 bits per heavy atom. The smallest absolute Gasteiger partial charge is 0.433 e. The van der Waals surface area contributed by atoms with E-state index < -0.39 is 23.8 Å². The van der Waals surface area contributed by atoms with Gasteiger partial charge in [0.25, 0.3) is 0 Å². The van der Waals surface area contributed by atoms with Gasteiger partial charge in [-0.1, -0.05) is 6.92 Å². The molecular weight excluding hydrogens is 313 g/mol. The topological polar surface area (TPSA) is 70.5 Å². The summed E-state index contributed by atoms with van der Waals surface area (Å²) in [6, 6.07) is 1.91. The van der Waals surface area contributed by atoms with Crippen LogP contribution in [0.2, 0.25) is 0 Å². The van der Waals surface area contributed by atoms with Crippen LogP contribution >= 0.6 is 0 Å². The molecule has 0 aliphatic carbocycles. The summed E-state index contributed by atoms with van der Waals surface area (Å²) in [4.78, 5) is 28.0. The molecule has 23 heavy (non-hydrogen) atoms. The third-order valence-electron chi connectivity index (χ3n) is 4.07. The lowest BCUT2D eigenvalue weighted by Gasteiger charge is -2.36. The Morgan fingerprint density at radius 2 is 2.00 bits per heavy atom. The molecule has 0 saturated carbocycles. The van der Waals surface area contributed by atoms with Crippen LogP contribution in [0.15, 0.2) is 12.1 Å². The molecule has 1 aromatic heterocycles. The minimum absolute atomic E-state index is 0.0250. The van der Waals surface area contributed by atoms with Crippen molar-refractivity contribution >= 4 is 17.6 Å². The molecule has 1 N–H and O–H groups in total. The van der Waals surface area contributed by atoms with Crippen LogP contribution in [0.5, 0.6) is 0 Å². The third kappa shape index (κ3) is 3.62. The second-order valence-electron chi connectivity index (χ2n) is 5.78. The molecule has 1 aromatic rings. The molecule has 8 heteroatoms. The second kappa shape index (κ2) is 6.17. The number of halogens is 3. The van der Waals surface area contributed by atoms with E-state index in [0.717, 1.165) is 12.1 Å². The maximum Gasteiger partial charge on any atom is 0.433 e. The van der Waals surface area contributed by atoms with E-state index >= 15 is 0 Å². The molecule has 0 amide bonds. The number of aromatic nitrogens is 1. The standard InChI is InChI=1S/C15H17F3N2O3/c1-8-7-20(6-5-10(8)14(22)23)13-11(9(2)21)3-4-12(19-13)15(16,17)18/h3-4,8,10H,5-7H2,1-2H3,(H,22,23). The van der Waals surface area contributed by atoms with Crippen molar-refractivity contribution in [2.45, 2.75) is 26.4 Å². The van der Waals surface area contributed by atoms with E-state index in [0.29, 0.717) is 6.42 Å². The van der Waals surface area contributed by atoms with Crippen LogP contribution in [0.1, 0.15) is 36.3 Å². The average Bonchev–Trinajstić information content (AvgIpc) is 2.45. The predicted octanol–water partition coefficient (Wildman–Crippen LogP) is 2.85. The largest absolute Gasteiger partial charge is 0.481 e. The number of hydrogen-bond donors (Lipinski definition) is 1. The molecule has 1 fully saturated rings. The number of hydrogen-bond acceptors (Lipinski definition) is 4. The zero-order chi connectivity index (χ0) is 17.4. The zero-order valence-corrected chi connectivity index (χ0v) is 12.7. The van der Waals surface area contributed by atoms with Gasteiger partial charge in [-0.15, -0.1) is 0 Å². The van der Waals surface area contributed by atoms with E-state index in [1.165, 1.54) is 6.92 Å². The van der Waals surface area contributed by atoms with Crippen molar-refractivity contribution in [2.24, 2.45) is 11.8 Å². The lowest BCUT2D eigenvalue weighted by molar-refractivity contribution is -0.144. The number of carboxylic acids is 1. The Bertz CT molecular complexity index is 631. The Kier molecular flexibility index (Phi) is 4.63. The van der Waals surface area contributed by atoms with Gasteiger partial charge in [0, 0.05) is 13.1 Å². The number of nitrogens with zero attached hydrogens (tertiary/aromatic N) is 2. The molecule has 126 valence electrons. The highest BCUT2D eigenvalue weighted by Crippen LogP contribution is 2.33. The minimum atomic E-state index is -4.60. The highest BCUT2D eigenvalue weighted by molar-refractivity contribution is 5.98. The van der Waals surface area contributed by atoms with Gasteiger partial charge < -0.3 is 10.0 Å². The number of aliphatic carboxylic acids is 1. The second-order valence-corrected chi connectivity index (χ2v) is 5.78. The van der Waals surface area contributed by atoms with E-state index in [4.69, 9.17) is 5.11 Å². The number of rotatable bonds is 3. The molecule has 1 aliphatic rings. The van der Waals surface area contributed by atoms with E-state index in [-0.39, 0.29) is 36.2 Å². The van der Waals surface area contributed by atoms with Gasteiger partial charge in [-0.3, -0.25) is 9.59 Å². The first kappa shape index (κ1) is 17.2. The van der Waals surface area contributed by atoms with Crippen molar-refractivity contribution in [1.29, 1.82) is 0 Å². The van der Waals surface area contributed by atoms with Gasteiger partial charge in [0.1, 0.15) is 11.5 Å². The first-order valence-corrected chi connectivity index (χ1v) is 7.18. The Morgan fingerprint density at radius 1 is 1.35 bits per heavy atom. The average molecular weight is 330 g/mol. The van der Waals surface area contributed by atoms with Crippen LogP contribution in [0, 0.1) is 11.8 Å². The van der Waals surface area contributed by atoms with Crippen molar-refractivity contribution in [1.82, 2.24) is 4.98 Å². The number of carboxylic acid groups (broad SMARTS) is 1. The summed E-state index contributed by atoms with van der Waals surface area (Å²) in [7, 11) is 0. The lowest BCUT2D eigenvalue weighted by Crippen LogP contribution is -2.43. The maximum atomic E-state index is 12.9. The number of anilines is 1. The fourth-order valence-corrected chi connectivity index (χ4v) is 2.83. The molecule has 0 spiro atoms. The fraction of sp³-hybridized carbons (Fsp3) is 0.533. The summed E-state index contributed by atoms with van der Waals surface area (Å²) in [5.41, 5.74) is -0.954. The number of carbonyl (C=O) groups is 2. The summed E-state index contributed by atoms with van der Waals surface area (Å²) < 4.78 is 38.6. The molecule has 1 aliphatic heterocycles.